The van der Waals surface area contributed by atoms with Crippen LogP contribution in [0.1, 0.15) is 18.6 Å². The molecule has 4 nitrogen and oxygen atoms in total. The average molecular weight is 230 g/mol. The number of para-hydroxylation sites is 1. The number of aliphatic hydroxyl groups excluding tert-OH is 1. The van der Waals surface area contributed by atoms with Gasteiger partial charge in [-0.1, -0.05) is 18.2 Å². The minimum atomic E-state index is -2.06. The summed E-state index contributed by atoms with van der Waals surface area (Å²) < 4.78 is 24.8. The molecule has 0 heterocycles. The maximum atomic E-state index is 10.8. The van der Waals surface area contributed by atoms with Gasteiger partial charge in [0.05, 0.1) is 18.5 Å². The molecule has 0 radical (unpaired) electrons. The zero-order valence-corrected chi connectivity index (χ0v) is 9.40. The Bertz CT molecular complexity index is 353. The summed E-state index contributed by atoms with van der Waals surface area (Å²) in [4.78, 5) is 0. The Hall–Kier alpha value is -0.910. The van der Waals surface area contributed by atoms with Gasteiger partial charge in [0, 0.05) is 5.56 Å². The van der Waals surface area contributed by atoms with E-state index >= 15 is 0 Å². The van der Waals surface area contributed by atoms with Gasteiger partial charge in [-0.2, -0.15) is 0 Å². The summed E-state index contributed by atoms with van der Waals surface area (Å²) in [6, 6.07) is 6.89. The first-order valence-electron chi connectivity index (χ1n) is 4.48. The lowest BCUT2D eigenvalue weighted by molar-refractivity contribution is 0.171. The van der Waals surface area contributed by atoms with Crippen LogP contribution in [0, 0.1) is 0 Å². The van der Waals surface area contributed by atoms with Gasteiger partial charge in [-0.15, -0.1) is 0 Å². The van der Waals surface area contributed by atoms with Crippen molar-refractivity contribution in [2.75, 3.05) is 7.11 Å². The van der Waals surface area contributed by atoms with Gasteiger partial charge < -0.3 is 14.4 Å². The molecule has 15 heavy (non-hydrogen) atoms. The lowest BCUT2D eigenvalue weighted by Gasteiger charge is -2.18. The summed E-state index contributed by atoms with van der Waals surface area (Å²) in [6.45, 7) is 1.51. The summed E-state index contributed by atoms with van der Waals surface area (Å²) in [7, 11) is 1.49. The van der Waals surface area contributed by atoms with Gasteiger partial charge in [-0.3, -0.25) is 0 Å². The molecule has 0 saturated heterocycles. The molecule has 2 N–H and O–H groups in total. The third kappa shape index (κ3) is 2.77. The first kappa shape index (κ1) is 12.2. The highest BCUT2D eigenvalue weighted by Crippen LogP contribution is 2.28. The molecule has 0 spiro atoms. The summed E-state index contributed by atoms with van der Waals surface area (Å²) in [5.41, 5.74) is 0.523. The molecule has 0 bridgehead atoms. The van der Waals surface area contributed by atoms with Crippen LogP contribution in [0.5, 0.6) is 5.75 Å². The third-order valence-corrected chi connectivity index (χ3v) is 3.11. The highest BCUT2D eigenvalue weighted by atomic mass is 32.2. The zero-order chi connectivity index (χ0) is 11.4. The molecule has 0 aliphatic rings. The molecule has 0 aromatic heterocycles. The summed E-state index contributed by atoms with van der Waals surface area (Å²) in [6.07, 6.45) is -1.01. The second kappa shape index (κ2) is 5.25. The maximum Gasteiger partial charge on any atom is 0.158 e. The van der Waals surface area contributed by atoms with E-state index in [1.807, 2.05) is 0 Å². The fourth-order valence-electron chi connectivity index (χ4n) is 1.27. The van der Waals surface area contributed by atoms with Gasteiger partial charge in [0.15, 0.2) is 11.1 Å². The molecule has 1 aromatic rings. The largest absolute Gasteiger partial charge is 0.496 e. The minimum absolute atomic E-state index is 0.516. The highest BCUT2D eigenvalue weighted by molar-refractivity contribution is 7.79. The van der Waals surface area contributed by atoms with E-state index in [1.165, 1.54) is 14.0 Å². The van der Waals surface area contributed by atoms with Crippen molar-refractivity contribution in [3.8, 4) is 5.75 Å². The standard InChI is InChI=1S/C10H14O4S/c1-7(15(12)13)10(11)8-5-3-4-6-9(8)14-2/h3-7,10-11H,1-2H3,(H,12,13)/t7-,10-/m0/s1. The zero-order valence-electron chi connectivity index (χ0n) is 8.58. The van der Waals surface area contributed by atoms with Crippen LogP contribution in [0.4, 0.5) is 0 Å². The van der Waals surface area contributed by atoms with Crippen molar-refractivity contribution < 1.29 is 18.6 Å². The van der Waals surface area contributed by atoms with Crippen molar-refractivity contribution in [3.63, 3.8) is 0 Å². The number of hydrogen-bond donors (Lipinski definition) is 2. The predicted molar refractivity (Wildman–Crippen MR) is 58.2 cm³/mol. The Labute approximate surface area is 91.2 Å². The van der Waals surface area contributed by atoms with E-state index in [-0.39, 0.29) is 0 Å². The molecule has 3 atom stereocenters. The molecule has 1 aromatic carbocycles. The van der Waals surface area contributed by atoms with E-state index in [4.69, 9.17) is 9.29 Å². The third-order valence-electron chi connectivity index (χ3n) is 2.22. The first-order chi connectivity index (χ1) is 7.07. The van der Waals surface area contributed by atoms with E-state index in [0.717, 1.165) is 0 Å². The molecule has 0 amide bonds. The van der Waals surface area contributed by atoms with Crippen molar-refractivity contribution in [1.29, 1.82) is 0 Å². The average Bonchev–Trinajstić information content (AvgIpc) is 2.26. The SMILES string of the molecule is COc1ccccc1[C@@H](O)[C@H](C)S(=O)O. The molecule has 1 unspecified atom stereocenters. The Morgan fingerprint density at radius 3 is 2.53 bits per heavy atom. The van der Waals surface area contributed by atoms with Gasteiger partial charge in [-0.05, 0) is 13.0 Å². The first-order valence-corrected chi connectivity index (χ1v) is 5.65. The molecule has 0 aliphatic heterocycles. The van der Waals surface area contributed by atoms with Crippen LogP contribution in [-0.2, 0) is 11.1 Å². The summed E-state index contributed by atoms with van der Waals surface area (Å²) >= 11 is -2.06. The van der Waals surface area contributed by atoms with E-state index in [0.29, 0.717) is 11.3 Å². The van der Waals surface area contributed by atoms with Crippen molar-refractivity contribution >= 4 is 11.1 Å². The van der Waals surface area contributed by atoms with E-state index in [9.17, 15) is 9.32 Å². The van der Waals surface area contributed by atoms with Crippen LogP contribution in [-0.4, -0.2) is 26.2 Å². The monoisotopic (exact) mass is 230 g/mol. The van der Waals surface area contributed by atoms with E-state index in [2.05, 4.69) is 0 Å². The Balaban J connectivity index is 2.99. The summed E-state index contributed by atoms with van der Waals surface area (Å²) in [5.74, 6) is 0.516. The number of methoxy groups -OCH3 is 1. The highest BCUT2D eigenvalue weighted by Gasteiger charge is 2.23. The van der Waals surface area contributed by atoms with Gasteiger partial charge in [0.25, 0.3) is 0 Å². The molecule has 1 rings (SSSR count). The van der Waals surface area contributed by atoms with Crippen LogP contribution in [0.25, 0.3) is 0 Å². The number of benzene rings is 1. The minimum Gasteiger partial charge on any atom is -0.496 e. The molecular weight excluding hydrogens is 216 g/mol. The van der Waals surface area contributed by atoms with Gasteiger partial charge in [0.1, 0.15) is 5.75 Å². The lowest BCUT2D eigenvalue weighted by Crippen LogP contribution is -2.20. The fraction of sp³-hybridized carbons (Fsp3) is 0.400. The van der Waals surface area contributed by atoms with Crippen molar-refractivity contribution in [2.24, 2.45) is 0 Å². The quantitative estimate of drug-likeness (QED) is 0.766. The van der Waals surface area contributed by atoms with Crippen LogP contribution in [0.3, 0.4) is 0 Å². The maximum absolute atomic E-state index is 10.8. The van der Waals surface area contributed by atoms with Crippen molar-refractivity contribution in [1.82, 2.24) is 0 Å². The van der Waals surface area contributed by atoms with Crippen LogP contribution in [0.15, 0.2) is 24.3 Å². The van der Waals surface area contributed by atoms with Crippen LogP contribution in [0.2, 0.25) is 0 Å². The lowest BCUT2D eigenvalue weighted by atomic mass is 10.1. The van der Waals surface area contributed by atoms with Crippen molar-refractivity contribution in [2.45, 2.75) is 18.3 Å². The van der Waals surface area contributed by atoms with Crippen molar-refractivity contribution in [3.05, 3.63) is 29.8 Å². The molecule has 0 saturated carbocycles. The molecule has 0 aliphatic carbocycles. The molecular formula is C10H14O4S. The molecule has 84 valence electrons. The molecule has 0 fully saturated rings. The number of ether oxygens (including phenoxy) is 1. The normalized spacial score (nSPS) is 16.8. The smallest absolute Gasteiger partial charge is 0.158 e. The van der Waals surface area contributed by atoms with Gasteiger partial charge in [-0.25, -0.2) is 4.21 Å². The number of hydrogen-bond acceptors (Lipinski definition) is 3. The fourth-order valence-corrected chi connectivity index (χ4v) is 1.64. The Morgan fingerprint density at radius 2 is 2.00 bits per heavy atom. The van der Waals surface area contributed by atoms with E-state index < -0.39 is 22.4 Å². The second-order valence-electron chi connectivity index (χ2n) is 3.17. The van der Waals surface area contributed by atoms with Gasteiger partial charge >= 0.3 is 0 Å². The topological polar surface area (TPSA) is 66.8 Å². The molecule has 5 heteroatoms. The van der Waals surface area contributed by atoms with E-state index in [1.54, 1.807) is 24.3 Å². The Kier molecular flexibility index (Phi) is 4.26. The second-order valence-corrected chi connectivity index (χ2v) is 4.46. The Morgan fingerprint density at radius 1 is 1.40 bits per heavy atom. The van der Waals surface area contributed by atoms with Gasteiger partial charge in [0.2, 0.25) is 0 Å². The number of aliphatic hydroxyl groups is 1. The van der Waals surface area contributed by atoms with Crippen LogP contribution < -0.4 is 4.74 Å². The predicted octanol–water partition coefficient (Wildman–Crippen LogP) is 1.34. The summed E-state index contributed by atoms with van der Waals surface area (Å²) in [5, 5.41) is 9.09. The van der Waals surface area contributed by atoms with Crippen LogP contribution >= 0.6 is 0 Å². The number of rotatable bonds is 4.